The molecule has 0 unspecified atom stereocenters. The average molecular weight is 527 g/mol. The molecule has 1 aromatic carbocycles. The number of hydrogen-bond acceptors (Lipinski definition) is 4. The largest absolute Gasteiger partial charge is 0.459 e. The van der Waals surface area contributed by atoms with Crippen LogP contribution in [-0.2, 0) is 14.3 Å². The second kappa shape index (κ2) is 12.1. The molecule has 2 aliphatic heterocycles. The number of carbonyl (C=O) groups is 1. The average Bonchev–Trinajstić information content (AvgIpc) is 2.72. The monoisotopic (exact) mass is 527 g/mol. The van der Waals surface area contributed by atoms with Crippen LogP contribution in [0.3, 0.4) is 0 Å². The Morgan fingerprint density at radius 2 is 1.83 bits per heavy atom. The van der Waals surface area contributed by atoms with E-state index in [2.05, 4.69) is 46.9 Å². The quantitative estimate of drug-likeness (QED) is 0.516. The molecule has 0 aromatic heterocycles. The van der Waals surface area contributed by atoms with Crippen molar-refractivity contribution >= 4 is 28.5 Å². The van der Waals surface area contributed by atoms with Crippen LogP contribution in [0.2, 0.25) is 0 Å². The van der Waals surface area contributed by atoms with Crippen LogP contribution in [0.25, 0.3) is 0 Å². The van der Waals surface area contributed by atoms with Crippen molar-refractivity contribution in [1.82, 2.24) is 4.90 Å². The number of likely N-dealkylation sites (tertiary alicyclic amines) is 1. The molecule has 0 bridgehead atoms. The normalized spacial score (nSPS) is 25.1. The Morgan fingerprint density at radius 3 is 2.47 bits per heavy atom. The summed E-state index contributed by atoms with van der Waals surface area (Å²) in [5.41, 5.74) is 1.16. The number of carbonyl (C=O) groups excluding carboxylic acids is 1. The van der Waals surface area contributed by atoms with Crippen molar-refractivity contribution in [3.63, 3.8) is 0 Å². The zero-order valence-electron chi connectivity index (χ0n) is 17.9. The molecular weight excluding hydrogens is 493 g/mol. The summed E-state index contributed by atoms with van der Waals surface area (Å²) in [7, 11) is 0. The van der Waals surface area contributed by atoms with Crippen LogP contribution in [0, 0.1) is 9.49 Å². The molecule has 0 aliphatic carbocycles. The van der Waals surface area contributed by atoms with Crippen molar-refractivity contribution < 1.29 is 19.4 Å². The molecule has 5 nitrogen and oxygen atoms in total. The van der Waals surface area contributed by atoms with E-state index in [9.17, 15) is 9.90 Å². The molecule has 2 aliphatic rings. The number of aliphatic hydroxyl groups is 1. The van der Waals surface area contributed by atoms with Crippen molar-refractivity contribution in [2.75, 3.05) is 26.3 Å². The number of nitrogens with zero attached hydrogens (tertiary/aromatic N) is 1. The van der Waals surface area contributed by atoms with Gasteiger partial charge >= 0.3 is 0 Å². The maximum absolute atomic E-state index is 13.4. The maximum Gasteiger partial charge on any atom is 0.288 e. The molecule has 1 fully saturated rings. The van der Waals surface area contributed by atoms with E-state index in [1.807, 2.05) is 17.9 Å². The Morgan fingerprint density at radius 1 is 1.17 bits per heavy atom. The van der Waals surface area contributed by atoms with Crippen LogP contribution in [0.15, 0.2) is 36.1 Å². The minimum absolute atomic E-state index is 0.0160. The van der Waals surface area contributed by atoms with Gasteiger partial charge in [0.15, 0.2) is 5.76 Å². The molecule has 0 radical (unpaired) electrons. The molecule has 166 valence electrons. The summed E-state index contributed by atoms with van der Waals surface area (Å²) in [6, 6.07) is 8.44. The highest BCUT2D eigenvalue weighted by atomic mass is 127. The fourth-order valence-electron chi connectivity index (χ4n) is 4.43. The Kier molecular flexibility index (Phi) is 9.46. The number of halogens is 1. The molecule has 1 N–H and O–H groups in total. The van der Waals surface area contributed by atoms with E-state index < -0.39 is 6.29 Å². The third-order valence-corrected chi connectivity index (χ3v) is 6.74. The minimum Gasteiger partial charge on any atom is -0.459 e. The summed E-state index contributed by atoms with van der Waals surface area (Å²) in [5.74, 6) is 0.476. The highest BCUT2D eigenvalue weighted by Crippen LogP contribution is 2.40. The highest BCUT2D eigenvalue weighted by molar-refractivity contribution is 14.1. The van der Waals surface area contributed by atoms with Crippen molar-refractivity contribution in [1.29, 1.82) is 0 Å². The first-order valence-electron chi connectivity index (χ1n) is 11.3. The molecule has 2 heterocycles. The Bertz CT molecular complexity index is 698. The predicted octanol–water partition coefficient (Wildman–Crippen LogP) is 4.83. The standard InChI is InChI=1S/C24H34INO4/c1-2-29-24-20(9-8-16-27)21(18-10-12-19(25)13-11-18)17-22(30-24)23(28)26-14-6-4-3-5-7-15-26/h10-13,17,20-21,24,27H,2-9,14-16H2,1H3/t20-,21+,24+/m0/s1. The third kappa shape index (κ3) is 6.20. The van der Waals surface area contributed by atoms with Gasteiger partial charge in [0.05, 0.1) is 0 Å². The predicted molar refractivity (Wildman–Crippen MR) is 126 cm³/mol. The fraction of sp³-hybridized carbons (Fsp3) is 0.625. The van der Waals surface area contributed by atoms with Crippen LogP contribution < -0.4 is 0 Å². The zero-order chi connectivity index (χ0) is 21.3. The minimum atomic E-state index is -0.482. The lowest BCUT2D eigenvalue weighted by Gasteiger charge is -2.38. The number of ether oxygens (including phenoxy) is 2. The van der Waals surface area contributed by atoms with Crippen LogP contribution in [0.5, 0.6) is 0 Å². The van der Waals surface area contributed by atoms with Gasteiger partial charge in [-0.3, -0.25) is 4.79 Å². The number of amides is 1. The number of hydrogen-bond donors (Lipinski definition) is 1. The van der Waals surface area contributed by atoms with E-state index in [0.29, 0.717) is 18.8 Å². The van der Waals surface area contributed by atoms with Gasteiger partial charge in [-0.2, -0.15) is 0 Å². The first-order chi connectivity index (χ1) is 14.6. The van der Waals surface area contributed by atoms with Gasteiger partial charge in [0, 0.05) is 41.7 Å². The highest BCUT2D eigenvalue weighted by Gasteiger charge is 2.38. The molecule has 0 spiro atoms. The van der Waals surface area contributed by atoms with Gasteiger partial charge in [-0.1, -0.05) is 31.4 Å². The Balaban J connectivity index is 1.90. The second-order valence-corrected chi connectivity index (χ2v) is 9.39. The number of aliphatic hydroxyl groups excluding tert-OH is 1. The smallest absolute Gasteiger partial charge is 0.288 e. The van der Waals surface area contributed by atoms with Gasteiger partial charge < -0.3 is 19.5 Å². The number of allylic oxidation sites excluding steroid dienone is 1. The van der Waals surface area contributed by atoms with Gasteiger partial charge in [0.1, 0.15) is 0 Å². The Hall–Kier alpha value is -1.12. The first kappa shape index (κ1) is 23.5. The van der Waals surface area contributed by atoms with Gasteiger partial charge in [-0.25, -0.2) is 0 Å². The molecule has 1 amide bonds. The van der Waals surface area contributed by atoms with E-state index in [1.54, 1.807) is 0 Å². The number of rotatable bonds is 7. The number of benzene rings is 1. The molecule has 3 rings (SSSR count). The van der Waals surface area contributed by atoms with E-state index >= 15 is 0 Å². The van der Waals surface area contributed by atoms with Crippen LogP contribution in [0.1, 0.15) is 63.4 Å². The van der Waals surface area contributed by atoms with Crippen molar-refractivity contribution in [3.8, 4) is 0 Å². The van der Waals surface area contributed by atoms with Gasteiger partial charge in [0.25, 0.3) is 5.91 Å². The summed E-state index contributed by atoms with van der Waals surface area (Å²) in [5, 5.41) is 9.41. The second-order valence-electron chi connectivity index (χ2n) is 8.14. The van der Waals surface area contributed by atoms with E-state index in [-0.39, 0.29) is 24.3 Å². The maximum atomic E-state index is 13.4. The van der Waals surface area contributed by atoms with Gasteiger partial charge in [-0.05, 0) is 79.0 Å². The molecule has 30 heavy (non-hydrogen) atoms. The molecule has 3 atom stereocenters. The van der Waals surface area contributed by atoms with E-state index in [4.69, 9.17) is 9.47 Å². The molecule has 0 saturated carbocycles. The van der Waals surface area contributed by atoms with E-state index in [0.717, 1.165) is 37.9 Å². The van der Waals surface area contributed by atoms with Crippen molar-refractivity contribution in [2.24, 2.45) is 5.92 Å². The lowest BCUT2D eigenvalue weighted by molar-refractivity contribution is -0.170. The summed E-state index contributed by atoms with van der Waals surface area (Å²) in [6.45, 7) is 4.19. The van der Waals surface area contributed by atoms with Crippen molar-refractivity contribution in [2.45, 2.75) is 64.1 Å². The topological polar surface area (TPSA) is 59.0 Å². The zero-order valence-corrected chi connectivity index (χ0v) is 20.1. The molecule has 1 saturated heterocycles. The molecular formula is C24H34INO4. The molecule has 6 heteroatoms. The van der Waals surface area contributed by atoms with Crippen LogP contribution in [-0.4, -0.2) is 48.5 Å². The van der Waals surface area contributed by atoms with E-state index in [1.165, 1.54) is 22.8 Å². The van der Waals surface area contributed by atoms with Crippen LogP contribution >= 0.6 is 22.6 Å². The summed E-state index contributed by atoms with van der Waals surface area (Å²) in [6.07, 6.45) is 8.70. The van der Waals surface area contributed by atoms with Gasteiger partial charge in [0.2, 0.25) is 6.29 Å². The summed E-state index contributed by atoms with van der Waals surface area (Å²) < 4.78 is 13.3. The molecule has 1 aromatic rings. The first-order valence-corrected chi connectivity index (χ1v) is 12.4. The lowest BCUT2D eigenvalue weighted by Crippen LogP contribution is -2.41. The SMILES string of the molecule is CCO[C@@H]1OC(C(=O)N2CCCCCCC2)=C[C@H](c2ccc(I)cc2)[C@@H]1CCCO. The van der Waals surface area contributed by atoms with Gasteiger partial charge in [-0.15, -0.1) is 0 Å². The van der Waals surface area contributed by atoms with Crippen LogP contribution in [0.4, 0.5) is 0 Å². The fourth-order valence-corrected chi connectivity index (χ4v) is 4.79. The third-order valence-electron chi connectivity index (χ3n) is 6.02. The van der Waals surface area contributed by atoms with Crippen molar-refractivity contribution in [3.05, 3.63) is 45.2 Å². The lowest BCUT2D eigenvalue weighted by atomic mass is 9.80. The Labute approximate surface area is 194 Å². The summed E-state index contributed by atoms with van der Waals surface area (Å²) >= 11 is 2.30. The summed E-state index contributed by atoms with van der Waals surface area (Å²) in [4.78, 5) is 15.3.